The molecule has 3 aromatic carbocycles. The Morgan fingerprint density at radius 2 is 1.76 bits per heavy atom. The van der Waals surface area contributed by atoms with E-state index in [9.17, 15) is 9.59 Å². The lowest BCUT2D eigenvalue weighted by Crippen LogP contribution is -2.39. The molecule has 7 rings (SSSR count). The quantitative estimate of drug-likeness (QED) is 0.154. The van der Waals surface area contributed by atoms with E-state index in [1.165, 1.54) is 22.7 Å². The van der Waals surface area contributed by atoms with E-state index in [-0.39, 0.29) is 12.2 Å². The van der Waals surface area contributed by atoms with Gasteiger partial charge in [0.15, 0.2) is 4.80 Å². The summed E-state index contributed by atoms with van der Waals surface area (Å²) in [6.45, 7) is 6.45. The number of esters is 1. The van der Waals surface area contributed by atoms with Crippen molar-refractivity contribution < 1.29 is 14.3 Å². The van der Waals surface area contributed by atoms with Crippen molar-refractivity contribution in [1.29, 1.82) is 5.26 Å². The second kappa shape index (κ2) is 14.0. The predicted octanol–water partition coefficient (Wildman–Crippen LogP) is 6.86. The third-order valence-electron chi connectivity index (χ3n) is 8.53. The molecule has 1 unspecified atom stereocenters. The molecule has 0 radical (unpaired) electrons. The Balaban J connectivity index is 1.25. The zero-order chi connectivity index (χ0) is 34.8. The highest BCUT2D eigenvalue weighted by Crippen LogP contribution is 2.37. The Morgan fingerprint density at radius 3 is 2.44 bits per heavy atom. The van der Waals surface area contributed by atoms with Crippen LogP contribution in [-0.2, 0) is 16.1 Å². The van der Waals surface area contributed by atoms with Crippen LogP contribution in [0.15, 0.2) is 118 Å². The van der Waals surface area contributed by atoms with Crippen LogP contribution in [-0.4, -0.2) is 21.7 Å². The van der Waals surface area contributed by atoms with Gasteiger partial charge in [-0.1, -0.05) is 59.9 Å². The molecule has 8 nitrogen and oxygen atoms in total. The fourth-order valence-corrected chi connectivity index (χ4v) is 7.98. The summed E-state index contributed by atoms with van der Waals surface area (Å²) in [5.74, 6) is 0.247. The van der Waals surface area contributed by atoms with Gasteiger partial charge in [0.1, 0.15) is 18.4 Å². The van der Waals surface area contributed by atoms with E-state index in [1.54, 1.807) is 23.6 Å². The van der Waals surface area contributed by atoms with Gasteiger partial charge >= 0.3 is 5.97 Å². The van der Waals surface area contributed by atoms with Crippen molar-refractivity contribution >= 4 is 40.4 Å². The lowest BCUT2D eigenvalue weighted by atomic mass is 9.97. The summed E-state index contributed by atoms with van der Waals surface area (Å²) >= 11 is 2.80. The second-order valence-corrected chi connectivity index (χ2v) is 13.7. The summed E-state index contributed by atoms with van der Waals surface area (Å²) in [7, 11) is 0. The Kier molecular flexibility index (Phi) is 9.17. The maximum atomic E-state index is 14.3. The number of carbonyl (C=O) groups is 1. The zero-order valence-corrected chi connectivity index (χ0v) is 29.3. The third-order valence-corrected chi connectivity index (χ3v) is 10.4. The molecular formula is C40H32N4O4S2. The Hall–Kier alpha value is -5.76. The van der Waals surface area contributed by atoms with E-state index in [1.807, 2.05) is 104 Å². The zero-order valence-electron chi connectivity index (χ0n) is 27.6. The van der Waals surface area contributed by atoms with Gasteiger partial charge in [0.25, 0.3) is 5.56 Å². The largest absolute Gasteiger partial charge is 0.489 e. The maximum absolute atomic E-state index is 14.3. The summed E-state index contributed by atoms with van der Waals surface area (Å²) in [5.41, 5.74) is 6.90. The molecule has 0 amide bonds. The van der Waals surface area contributed by atoms with Crippen LogP contribution < -0.4 is 19.6 Å². The number of nitriles is 1. The molecular weight excluding hydrogens is 665 g/mol. The third kappa shape index (κ3) is 6.25. The van der Waals surface area contributed by atoms with Gasteiger partial charge < -0.3 is 14.0 Å². The van der Waals surface area contributed by atoms with Gasteiger partial charge in [-0.25, -0.2) is 9.79 Å². The maximum Gasteiger partial charge on any atom is 0.338 e. The molecule has 0 aliphatic carbocycles. The summed E-state index contributed by atoms with van der Waals surface area (Å²) in [6, 6.07) is 32.2. The number of thiophene rings is 1. The smallest absolute Gasteiger partial charge is 0.338 e. The average molecular weight is 697 g/mol. The van der Waals surface area contributed by atoms with Crippen LogP contribution >= 0.6 is 22.7 Å². The molecule has 0 spiro atoms. The van der Waals surface area contributed by atoms with Crippen LogP contribution in [0.5, 0.6) is 5.75 Å². The Bertz CT molecular complexity index is 2450. The van der Waals surface area contributed by atoms with Crippen molar-refractivity contribution in [3.8, 4) is 17.5 Å². The first-order valence-corrected chi connectivity index (χ1v) is 17.8. The molecule has 0 bridgehead atoms. The number of hydrogen-bond donors (Lipinski definition) is 0. The SMILES string of the molecule is CCOC(=O)C1=C(c2ccccc2)N=c2sc(=Cc3cc(C)n(-c4ccc(OCc5ccc(C#N)cc5)cc4)c3C)c(=O)n2C1c1cccs1. The van der Waals surface area contributed by atoms with Crippen LogP contribution in [0.25, 0.3) is 17.5 Å². The van der Waals surface area contributed by atoms with Crippen molar-refractivity contribution in [3.63, 3.8) is 0 Å². The molecule has 6 aromatic rings. The van der Waals surface area contributed by atoms with Gasteiger partial charge in [0.2, 0.25) is 0 Å². The number of benzene rings is 3. The number of nitrogens with zero attached hydrogens (tertiary/aromatic N) is 4. The summed E-state index contributed by atoms with van der Waals surface area (Å²) < 4.78 is 15.8. The number of thiazole rings is 1. The fourth-order valence-electron chi connectivity index (χ4n) is 6.16. The first-order valence-electron chi connectivity index (χ1n) is 16.1. The lowest BCUT2D eigenvalue weighted by Gasteiger charge is -2.24. The van der Waals surface area contributed by atoms with E-state index in [0.29, 0.717) is 32.8 Å². The van der Waals surface area contributed by atoms with Gasteiger partial charge in [-0.2, -0.15) is 5.26 Å². The predicted molar refractivity (Wildman–Crippen MR) is 196 cm³/mol. The lowest BCUT2D eigenvalue weighted by molar-refractivity contribution is -0.138. The molecule has 0 N–H and O–H groups in total. The number of aryl methyl sites for hydroxylation is 1. The van der Waals surface area contributed by atoms with Crippen LogP contribution in [0.1, 0.15) is 51.5 Å². The number of hydrogen-bond acceptors (Lipinski definition) is 8. The monoisotopic (exact) mass is 696 g/mol. The molecule has 4 heterocycles. The summed E-state index contributed by atoms with van der Waals surface area (Å²) in [4.78, 5) is 34.2. The highest BCUT2D eigenvalue weighted by molar-refractivity contribution is 7.10. The van der Waals surface area contributed by atoms with E-state index >= 15 is 0 Å². The molecule has 0 fully saturated rings. The highest BCUT2D eigenvalue weighted by Gasteiger charge is 2.35. The minimum absolute atomic E-state index is 0.204. The summed E-state index contributed by atoms with van der Waals surface area (Å²) in [5, 5.41) is 11.0. The molecule has 1 aliphatic heterocycles. The number of aromatic nitrogens is 2. The van der Waals surface area contributed by atoms with Gasteiger partial charge in [-0.15, -0.1) is 11.3 Å². The normalized spacial score (nSPS) is 14.2. The first-order chi connectivity index (χ1) is 24.4. The van der Waals surface area contributed by atoms with Crippen molar-refractivity contribution in [3.05, 3.63) is 166 Å². The molecule has 1 atom stereocenters. The highest BCUT2D eigenvalue weighted by atomic mass is 32.1. The van der Waals surface area contributed by atoms with E-state index < -0.39 is 12.0 Å². The average Bonchev–Trinajstić information content (AvgIpc) is 3.86. The van der Waals surface area contributed by atoms with E-state index in [0.717, 1.165) is 44.4 Å². The topological polar surface area (TPSA) is 98.6 Å². The van der Waals surface area contributed by atoms with Crippen LogP contribution in [0.3, 0.4) is 0 Å². The Labute approximate surface area is 296 Å². The summed E-state index contributed by atoms with van der Waals surface area (Å²) in [6.07, 6.45) is 1.92. The standard InChI is InChI=1S/C40H32N4O4S2/c1-4-47-39(46)35-36(29-9-6-5-7-10-29)42-40-44(37(35)33-11-8-20-49-33)38(45)34(50-40)22-30-21-25(2)43(26(30)3)31-16-18-32(19-17-31)48-24-28-14-12-27(23-41)13-15-28/h5-22,37H,4,24H2,1-3H3. The van der Waals surface area contributed by atoms with Crippen LogP contribution in [0.2, 0.25) is 0 Å². The number of carbonyl (C=O) groups excluding carboxylic acids is 1. The van der Waals surface area contributed by atoms with Crippen LogP contribution in [0.4, 0.5) is 0 Å². The van der Waals surface area contributed by atoms with Gasteiger partial charge in [0, 0.05) is 27.5 Å². The molecule has 3 aromatic heterocycles. The molecule has 0 saturated carbocycles. The minimum atomic E-state index is -0.673. The number of rotatable bonds is 9. The molecule has 248 valence electrons. The van der Waals surface area contributed by atoms with Crippen LogP contribution in [0, 0.1) is 25.2 Å². The number of ether oxygens (including phenoxy) is 2. The first kappa shape index (κ1) is 32.8. The van der Waals surface area contributed by atoms with Gasteiger partial charge in [-0.05, 0) is 91.9 Å². The fraction of sp³-hybridized carbons (Fsp3) is 0.150. The van der Waals surface area contributed by atoms with Gasteiger partial charge in [-0.3, -0.25) is 9.36 Å². The Morgan fingerprint density at radius 1 is 1.00 bits per heavy atom. The minimum Gasteiger partial charge on any atom is -0.489 e. The second-order valence-electron chi connectivity index (χ2n) is 11.7. The molecule has 50 heavy (non-hydrogen) atoms. The van der Waals surface area contributed by atoms with Crippen molar-refractivity contribution in [2.75, 3.05) is 6.61 Å². The van der Waals surface area contributed by atoms with Crippen molar-refractivity contribution in [2.24, 2.45) is 4.99 Å². The molecule has 0 saturated heterocycles. The van der Waals surface area contributed by atoms with E-state index in [2.05, 4.69) is 16.7 Å². The van der Waals surface area contributed by atoms with Crippen molar-refractivity contribution in [1.82, 2.24) is 9.13 Å². The van der Waals surface area contributed by atoms with E-state index in [4.69, 9.17) is 19.7 Å². The molecule has 1 aliphatic rings. The van der Waals surface area contributed by atoms with Gasteiger partial charge in [0.05, 0.1) is 34.0 Å². The molecule has 10 heteroatoms. The van der Waals surface area contributed by atoms with Crippen molar-refractivity contribution in [2.45, 2.75) is 33.4 Å². The number of fused-ring (bicyclic) bond motifs is 1.